The highest BCUT2D eigenvalue weighted by Gasteiger charge is 2.29. The maximum absolute atomic E-state index is 13.2. The molecule has 3 rings (SSSR count). The van der Waals surface area contributed by atoms with Crippen LogP contribution in [0, 0.1) is 6.92 Å². The Morgan fingerprint density at radius 1 is 1.18 bits per heavy atom. The van der Waals surface area contributed by atoms with Crippen LogP contribution in [0.25, 0.3) is 0 Å². The van der Waals surface area contributed by atoms with Gasteiger partial charge in [-0.3, -0.25) is 19.5 Å². The normalized spacial score (nSPS) is 13.2. The zero-order chi connectivity index (χ0) is 29.6. The molecule has 0 bridgehead atoms. The minimum atomic E-state index is -4.17. The minimum Gasteiger partial charge on any atom is -0.465 e. The largest absolute Gasteiger partial charge is 0.465 e. The molecule has 0 saturated carbocycles. The fourth-order valence-electron chi connectivity index (χ4n) is 3.89. The number of nitrogens with one attached hydrogen (secondary N) is 1. The average Bonchev–Trinajstić information content (AvgIpc) is 3.41. The Labute approximate surface area is 242 Å². The van der Waals surface area contributed by atoms with Crippen molar-refractivity contribution in [3.05, 3.63) is 75.8 Å². The summed E-state index contributed by atoms with van der Waals surface area (Å²) < 4.78 is 27.3. The highest BCUT2D eigenvalue weighted by atomic mass is 35.5. The molecule has 40 heavy (non-hydrogen) atoms. The number of amides is 3. The third-order valence-corrected chi connectivity index (χ3v) is 8.98. The number of carbonyl (C=O) groups is 3. The highest BCUT2D eigenvalue weighted by Crippen LogP contribution is 2.32. The van der Waals surface area contributed by atoms with Gasteiger partial charge in [0.1, 0.15) is 10.7 Å². The molecule has 2 N–H and O–H groups in total. The van der Waals surface area contributed by atoms with E-state index in [9.17, 15) is 27.9 Å². The minimum absolute atomic E-state index is 0.0396. The van der Waals surface area contributed by atoms with Gasteiger partial charge in [0.15, 0.2) is 0 Å². The number of sulfonamides is 1. The molecule has 0 aliphatic carbocycles. The summed E-state index contributed by atoms with van der Waals surface area (Å²) in [4.78, 5) is 43.2. The maximum Gasteiger partial charge on any atom is 0.413 e. The van der Waals surface area contributed by atoms with E-state index in [-0.39, 0.29) is 29.6 Å². The molecule has 14 heteroatoms. The van der Waals surface area contributed by atoms with Crippen molar-refractivity contribution in [2.24, 2.45) is 4.99 Å². The Hall–Kier alpha value is -3.45. The van der Waals surface area contributed by atoms with Gasteiger partial charge >= 0.3 is 6.09 Å². The molecule has 2 aromatic rings. The van der Waals surface area contributed by atoms with Crippen LogP contribution in [0.5, 0.6) is 0 Å². The first-order chi connectivity index (χ1) is 18.9. The smallest absolute Gasteiger partial charge is 0.413 e. The summed E-state index contributed by atoms with van der Waals surface area (Å²) in [6, 6.07) is 9.68. The van der Waals surface area contributed by atoms with Gasteiger partial charge in [-0.1, -0.05) is 53.5 Å². The van der Waals surface area contributed by atoms with Gasteiger partial charge in [-0.15, -0.1) is 6.58 Å². The summed E-state index contributed by atoms with van der Waals surface area (Å²) in [7, 11) is -2.61. The van der Waals surface area contributed by atoms with Crippen molar-refractivity contribution in [2.45, 2.75) is 18.4 Å². The van der Waals surface area contributed by atoms with E-state index in [2.05, 4.69) is 16.9 Å². The SMILES string of the molecule is C=CCN(CC(=O)NCC(=O)N(C)Cc1ccc(C2=NCCN2C(=O)O)cc1)S(=O)(=O)c1ccc(Cl)c(C)c1Cl. The Kier molecular flexibility index (Phi) is 10.3. The van der Waals surface area contributed by atoms with Crippen molar-refractivity contribution >= 4 is 57.0 Å². The van der Waals surface area contributed by atoms with Gasteiger partial charge in [0, 0.05) is 30.7 Å². The fourth-order valence-corrected chi connectivity index (χ4v) is 6.04. The van der Waals surface area contributed by atoms with Gasteiger partial charge in [-0.25, -0.2) is 13.2 Å². The van der Waals surface area contributed by atoms with Crippen LogP contribution in [0.1, 0.15) is 16.7 Å². The molecule has 1 aliphatic rings. The van der Waals surface area contributed by atoms with Crippen LogP contribution in [0.3, 0.4) is 0 Å². The molecule has 11 nitrogen and oxygen atoms in total. The zero-order valence-electron chi connectivity index (χ0n) is 21.9. The van der Waals surface area contributed by atoms with E-state index in [1.165, 1.54) is 28.0 Å². The lowest BCUT2D eigenvalue weighted by Crippen LogP contribution is -2.44. The molecule has 214 valence electrons. The predicted molar refractivity (Wildman–Crippen MR) is 152 cm³/mol. The molecule has 1 heterocycles. The molecule has 0 fully saturated rings. The third-order valence-electron chi connectivity index (χ3n) is 6.12. The summed E-state index contributed by atoms with van der Waals surface area (Å²) in [5.41, 5.74) is 1.83. The number of likely N-dealkylation sites (N-methyl/N-ethyl adjacent to an activating group) is 1. The Balaban J connectivity index is 1.58. The first-order valence-corrected chi connectivity index (χ1v) is 14.3. The second-order valence-electron chi connectivity index (χ2n) is 8.93. The van der Waals surface area contributed by atoms with Gasteiger partial charge in [-0.2, -0.15) is 4.31 Å². The molecular weight excluding hydrogens is 581 g/mol. The van der Waals surface area contributed by atoms with Crippen molar-refractivity contribution < 1.29 is 27.9 Å². The van der Waals surface area contributed by atoms with Gasteiger partial charge in [0.25, 0.3) is 0 Å². The zero-order valence-corrected chi connectivity index (χ0v) is 24.3. The van der Waals surface area contributed by atoms with Crippen LogP contribution >= 0.6 is 23.2 Å². The number of nitrogens with zero attached hydrogens (tertiary/aromatic N) is 4. The molecule has 0 spiro atoms. The number of hydrogen-bond donors (Lipinski definition) is 2. The summed E-state index contributed by atoms with van der Waals surface area (Å²) >= 11 is 12.3. The summed E-state index contributed by atoms with van der Waals surface area (Å²) in [6.45, 7) is 5.02. The van der Waals surface area contributed by atoms with E-state index < -0.39 is 34.5 Å². The van der Waals surface area contributed by atoms with Crippen molar-refractivity contribution in [3.63, 3.8) is 0 Å². The van der Waals surface area contributed by atoms with Gasteiger partial charge in [0.05, 0.1) is 31.2 Å². The molecule has 0 unspecified atom stereocenters. The first-order valence-electron chi connectivity index (χ1n) is 12.1. The van der Waals surface area contributed by atoms with Crippen molar-refractivity contribution in [1.29, 1.82) is 0 Å². The summed E-state index contributed by atoms with van der Waals surface area (Å²) in [5.74, 6) is -0.699. The second-order valence-corrected chi connectivity index (χ2v) is 11.6. The highest BCUT2D eigenvalue weighted by molar-refractivity contribution is 7.89. The number of benzene rings is 2. The average molecular weight is 611 g/mol. The quantitative estimate of drug-likeness (QED) is 0.375. The van der Waals surface area contributed by atoms with Gasteiger partial charge in [0.2, 0.25) is 21.8 Å². The summed E-state index contributed by atoms with van der Waals surface area (Å²) in [5, 5.41) is 12.0. The van der Waals surface area contributed by atoms with Crippen molar-refractivity contribution in [3.8, 4) is 0 Å². The lowest BCUT2D eigenvalue weighted by Gasteiger charge is -2.22. The van der Waals surface area contributed by atoms with Crippen LogP contribution in [0.15, 0.2) is 58.9 Å². The van der Waals surface area contributed by atoms with Gasteiger partial charge < -0.3 is 15.3 Å². The predicted octanol–water partition coefficient (Wildman–Crippen LogP) is 2.99. The summed E-state index contributed by atoms with van der Waals surface area (Å²) in [6.07, 6.45) is 0.270. The number of halogens is 2. The van der Waals surface area contributed by atoms with Crippen LogP contribution in [0.2, 0.25) is 10.0 Å². The first kappa shape index (κ1) is 31.1. The van der Waals surface area contributed by atoms with E-state index >= 15 is 0 Å². The van der Waals surface area contributed by atoms with Crippen molar-refractivity contribution in [2.75, 3.05) is 39.8 Å². The lowest BCUT2D eigenvalue weighted by molar-refractivity contribution is -0.132. The van der Waals surface area contributed by atoms with Gasteiger partial charge in [-0.05, 0) is 30.2 Å². The molecule has 0 atom stereocenters. The third kappa shape index (κ3) is 7.19. The Morgan fingerprint density at radius 2 is 1.85 bits per heavy atom. The molecule has 1 aliphatic heterocycles. The number of aliphatic imine (C=N–C) groups is 1. The molecule has 0 aromatic heterocycles. The number of hydrogen-bond acceptors (Lipinski definition) is 6. The lowest BCUT2D eigenvalue weighted by atomic mass is 10.1. The van der Waals surface area contributed by atoms with Crippen molar-refractivity contribution in [1.82, 2.24) is 19.4 Å². The monoisotopic (exact) mass is 609 g/mol. The fraction of sp³-hybridized carbons (Fsp3) is 0.308. The standard InChI is InChI=1S/C26H29Cl2N5O6S/c1-4-12-32(40(38,39)21-10-9-20(27)17(2)24(21)28)16-22(34)30-14-23(35)31(3)15-18-5-7-19(8-6-18)25-29-11-13-33(25)26(36)37/h4-10H,1,11-16H2,2-3H3,(H,30,34)(H,36,37). The van der Waals surface area contributed by atoms with E-state index in [1.54, 1.807) is 38.2 Å². The van der Waals surface area contributed by atoms with E-state index in [4.69, 9.17) is 23.2 Å². The van der Waals surface area contributed by atoms with E-state index in [1.807, 2.05) is 0 Å². The van der Waals surface area contributed by atoms with E-state index in [0.717, 1.165) is 9.87 Å². The number of rotatable bonds is 11. The molecular formula is C26H29Cl2N5O6S. The topological polar surface area (TPSA) is 140 Å². The molecule has 0 saturated heterocycles. The second kappa shape index (κ2) is 13.3. The Bertz CT molecular complexity index is 1450. The molecule has 2 aromatic carbocycles. The van der Waals surface area contributed by atoms with Crippen LogP contribution in [-0.4, -0.2) is 91.1 Å². The maximum atomic E-state index is 13.2. The molecule has 0 radical (unpaired) electrons. The Morgan fingerprint density at radius 3 is 2.48 bits per heavy atom. The van der Waals surface area contributed by atoms with E-state index in [0.29, 0.717) is 35.1 Å². The van der Waals surface area contributed by atoms with Crippen LogP contribution < -0.4 is 5.32 Å². The number of amidine groups is 1. The number of carbonyl (C=O) groups excluding carboxylic acids is 2. The number of carboxylic acid groups (broad SMARTS) is 1. The van der Waals surface area contributed by atoms with Crippen LogP contribution in [0.4, 0.5) is 4.79 Å². The molecule has 3 amide bonds. The van der Waals surface area contributed by atoms with Crippen LogP contribution in [-0.2, 0) is 26.2 Å².